The van der Waals surface area contributed by atoms with Crippen molar-refractivity contribution in [2.24, 2.45) is 10.9 Å². The van der Waals surface area contributed by atoms with Crippen molar-refractivity contribution < 1.29 is 0 Å². The van der Waals surface area contributed by atoms with Crippen LogP contribution in [-0.4, -0.2) is 36.0 Å². The van der Waals surface area contributed by atoms with Gasteiger partial charge in [0.2, 0.25) is 0 Å². The van der Waals surface area contributed by atoms with Crippen LogP contribution in [0.4, 0.5) is 0 Å². The van der Waals surface area contributed by atoms with Gasteiger partial charge in [0.1, 0.15) is 0 Å². The van der Waals surface area contributed by atoms with Gasteiger partial charge in [-0.2, -0.15) is 0 Å². The first-order valence-corrected chi connectivity index (χ1v) is 7.31. The van der Waals surface area contributed by atoms with Crippen LogP contribution in [0.25, 0.3) is 0 Å². The van der Waals surface area contributed by atoms with Gasteiger partial charge >= 0.3 is 0 Å². The summed E-state index contributed by atoms with van der Waals surface area (Å²) in [7, 11) is 2.05. The fourth-order valence-corrected chi connectivity index (χ4v) is 2.14. The lowest BCUT2D eigenvalue weighted by Crippen LogP contribution is -2.38. The number of hydrogen-bond acceptors (Lipinski definition) is 3. The maximum Gasteiger partial charge on any atom is 0.194 e. The van der Waals surface area contributed by atoms with Crippen LogP contribution in [0.2, 0.25) is 0 Å². The molecule has 0 aliphatic rings. The Morgan fingerprint density at radius 3 is 2.78 bits per heavy atom. The Morgan fingerprint density at radius 1 is 1.56 bits per heavy atom. The molecular weight excluding hydrogens is 244 g/mol. The number of aryl methyl sites for hydroxylation is 1. The van der Waals surface area contributed by atoms with Gasteiger partial charge in [0.15, 0.2) is 5.96 Å². The zero-order valence-electron chi connectivity index (χ0n) is 12.0. The summed E-state index contributed by atoms with van der Waals surface area (Å²) in [4.78, 5) is 11.2. The second-order valence-electron chi connectivity index (χ2n) is 4.80. The normalized spacial score (nSPS) is 12.0. The number of guanidine groups is 1. The molecule has 0 radical (unpaired) electrons. The van der Waals surface area contributed by atoms with Gasteiger partial charge in [-0.1, -0.05) is 13.8 Å². The summed E-state index contributed by atoms with van der Waals surface area (Å²) >= 11 is 1.69. The number of hydrogen-bond donors (Lipinski definition) is 1. The van der Waals surface area contributed by atoms with Gasteiger partial charge in [-0.3, -0.25) is 4.99 Å². The highest BCUT2D eigenvalue weighted by Gasteiger charge is 2.08. The minimum absolute atomic E-state index is 0.577. The monoisotopic (exact) mass is 268 g/mol. The van der Waals surface area contributed by atoms with E-state index in [0.29, 0.717) is 5.92 Å². The summed E-state index contributed by atoms with van der Waals surface area (Å²) in [6, 6.07) is 0. The number of nitrogens with zero attached hydrogens (tertiary/aromatic N) is 3. The summed E-state index contributed by atoms with van der Waals surface area (Å²) in [5, 5.41) is 6.54. The summed E-state index contributed by atoms with van der Waals surface area (Å²) in [5.74, 6) is 1.53. The van der Waals surface area contributed by atoms with Crippen molar-refractivity contribution >= 4 is 17.3 Å². The van der Waals surface area contributed by atoms with Crippen LogP contribution < -0.4 is 5.32 Å². The van der Waals surface area contributed by atoms with E-state index in [1.54, 1.807) is 11.3 Å². The molecule has 0 saturated carbocycles. The Kier molecular flexibility index (Phi) is 6.12. The molecule has 0 aliphatic heterocycles. The molecule has 1 heterocycles. The third kappa shape index (κ3) is 5.04. The third-order valence-corrected chi connectivity index (χ3v) is 3.19. The van der Waals surface area contributed by atoms with E-state index in [1.807, 2.05) is 6.92 Å². The van der Waals surface area contributed by atoms with Crippen LogP contribution >= 0.6 is 11.3 Å². The van der Waals surface area contributed by atoms with Crippen molar-refractivity contribution in [2.45, 2.75) is 34.2 Å². The van der Waals surface area contributed by atoms with Crippen LogP contribution in [0, 0.1) is 12.8 Å². The topological polar surface area (TPSA) is 40.5 Å². The van der Waals surface area contributed by atoms with E-state index in [4.69, 9.17) is 0 Å². The van der Waals surface area contributed by atoms with E-state index < -0.39 is 0 Å². The second-order valence-corrected chi connectivity index (χ2v) is 5.86. The molecule has 1 N–H and O–H groups in total. The van der Waals surface area contributed by atoms with Crippen molar-refractivity contribution in [3.05, 3.63) is 16.1 Å². The number of thiazole rings is 1. The van der Waals surface area contributed by atoms with Crippen LogP contribution in [0.15, 0.2) is 10.4 Å². The number of rotatable bonds is 5. The standard InChI is InChI=1S/C13H24N4S/c1-6-14-13(15-7-10(2)3)17(5)8-12-9-18-11(4)16-12/h9-10H,6-8H2,1-5H3,(H,14,15). The quantitative estimate of drug-likeness (QED) is 0.659. The summed E-state index contributed by atoms with van der Waals surface area (Å²) < 4.78 is 0. The maximum absolute atomic E-state index is 4.62. The lowest BCUT2D eigenvalue weighted by molar-refractivity contribution is 0.468. The molecule has 5 heteroatoms. The van der Waals surface area contributed by atoms with E-state index in [1.165, 1.54) is 0 Å². The molecule has 1 aromatic rings. The molecule has 18 heavy (non-hydrogen) atoms. The van der Waals surface area contributed by atoms with Crippen LogP contribution in [0.1, 0.15) is 31.5 Å². The minimum Gasteiger partial charge on any atom is -0.357 e. The summed E-state index contributed by atoms with van der Waals surface area (Å²) in [6.07, 6.45) is 0. The zero-order chi connectivity index (χ0) is 13.5. The number of aliphatic imine (C=N–C) groups is 1. The minimum atomic E-state index is 0.577. The molecule has 0 fully saturated rings. The highest BCUT2D eigenvalue weighted by Crippen LogP contribution is 2.09. The van der Waals surface area contributed by atoms with Crippen LogP contribution in [-0.2, 0) is 6.54 Å². The Balaban J connectivity index is 2.64. The van der Waals surface area contributed by atoms with Gasteiger partial charge in [0.25, 0.3) is 0 Å². The van der Waals surface area contributed by atoms with Gasteiger partial charge in [0.05, 0.1) is 17.2 Å². The SMILES string of the molecule is CCNC(=NCC(C)C)N(C)Cc1csc(C)n1. The lowest BCUT2D eigenvalue weighted by Gasteiger charge is -2.21. The molecule has 0 amide bonds. The van der Waals surface area contributed by atoms with Crippen molar-refractivity contribution in [3.63, 3.8) is 0 Å². The Morgan fingerprint density at radius 2 is 2.28 bits per heavy atom. The van der Waals surface area contributed by atoms with E-state index in [-0.39, 0.29) is 0 Å². The van der Waals surface area contributed by atoms with Crippen molar-refractivity contribution in [1.82, 2.24) is 15.2 Å². The van der Waals surface area contributed by atoms with E-state index >= 15 is 0 Å². The molecule has 0 aliphatic carbocycles. The van der Waals surface area contributed by atoms with Gasteiger partial charge in [0, 0.05) is 25.5 Å². The van der Waals surface area contributed by atoms with Crippen LogP contribution in [0.5, 0.6) is 0 Å². The summed E-state index contributed by atoms with van der Waals surface area (Å²) in [5.41, 5.74) is 1.11. The van der Waals surface area contributed by atoms with Crippen molar-refractivity contribution in [2.75, 3.05) is 20.1 Å². The highest BCUT2D eigenvalue weighted by atomic mass is 32.1. The molecule has 0 aromatic carbocycles. The van der Waals surface area contributed by atoms with Crippen molar-refractivity contribution in [3.8, 4) is 0 Å². The first-order chi connectivity index (χ1) is 8.52. The lowest BCUT2D eigenvalue weighted by atomic mass is 10.2. The zero-order valence-corrected chi connectivity index (χ0v) is 12.8. The molecule has 4 nitrogen and oxygen atoms in total. The average molecular weight is 268 g/mol. The molecule has 1 rings (SSSR count). The van der Waals surface area contributed by atoms with Gasteiger partial charge in [-0.05, 0) is 19.8 Å². The van der Waals surface area contributed by atoms with Gasteiger partial charge < -0.3 is 10.2 Å². The van der Waals surface area contributed by atoms with Gasteiger partial charge in [-0.15, -0.1) is 11.3 Å². The molecule has 0 saturated heterocycles. The molecule has 0 unspecified atom stereocenters. The predicted octanol–water partition coefficient (Wildman–Crippen LogP) is 2.50. The van der Waals surface area contributed by atoms with E-state index in [0.717, 1.165) is 36.3 Å². The molecule has 1 aromatic heterocycles. The first-order valence-electron chi connectivity index (χ1n) is 6.43. The molecule has 0 bridgehead atoms. The Bertz CT molecular complexity index is 384. The molecule has 0 spiro atoms. The molecule has 102 valence electrons. The Hall–Kier alpha value is -1.10. The molecule has 0 atom stereocenters. The smallest absolute Gasteiger partial charge is 0.194 e. The second kappa shape index (κ2) is 7.36. The van der Waals surface area contributed by atoms with Crippen molar-refractivity contribution in [1.29, 1.82) is 0 Å². The fraction of sp³-hybridized carbons (Fsp3) is 0.692. The highest BCUT2D eigenvalue weighted by molar-refractivity contribution is 7.09. The maximum atomic E-state index is 4.62. The third-order valence-electron chi connectivity index (χ3n) is 2.37. The van der Waals surface area contributed by atoms with E-state index in [2.05, 4.69) is 53.4 Å². The van der Waals surface area contributed by atoms with Gasteiger partial charge in [-0.25, -0.2) is 4.98 Å². The largest absolute Gasteiger partial charge is 0.357 e. The first kappa shape index (κ1) is 15.0. The predicted molar refractivity (Wildman–Crippen MR) is 79.1 cm³/mol. The fourth-order valence-electron chi connectivity index (χ4n) is 1.54. The Labute approximate surface area is 114 Å². The van der Waals surface area contributed by atoms with E-state index in [9.17, 15) is 0 Å². The van der Waals surface area contributed by atoms with Crippen LogP contribution in [0.3, 0.4) is 0 Å². The molecular formula is C13H24N4S. The average Bonchev–Trinajstić information content (AvgIpc) is 2.69. The number of aromatic nitrogens is 1. The number of nitrogens with one attached hydrogen (secondary N) is 1. The summed E-state index contributed by atoms with van der Waals surface area (Å²) in [6.45, 7) is 11.0.